The first-order valence-corrected chi connectivity index (χ1v) is 10.7. The van der Waals surface area contributed by atoms with E-state index in [1.165, 1.54) is 16.8 Å². The Morgan fingerprint density at radius 1 is 1.18 bits per heavy atom. The van der Waals surface area contributed by atoms with E-state index in [4.69, 9.17) is 5.41 Å². The van der Waals surface area contributed by atoms with E-state index < -0.39 is 5.91 Å². The average molecular weight is 410 g/mol. The lowest BCUT2D eigenvalue weighted by molar-refractivity contribution is -0.114. The minimum Gasteiger partial charge on any atom is -0.372 e. The van der Waals surface area contributed by atoms with Crippen molar-refractivity contribution in [2.75, 3.05) is 18.0 Å². The molecule has 28 heavy (non-hydrogen) atoms. The molecule has 8 heteroatoms. The van der Waals surface area contributed by atoms with Crippen molar-refractivity contribution in [3.05, 3.63) is 57.8 Å². The molecule has 0 aliphatic carbocycles. The van der Waals surface area contributed by atoms with Gasteiger partial charge in [0.1, 0.15) is 5.04 Å². The number of carbonyl (C=O) groups is 1. The molecule has 2 aliphatic heterocycles. The Morgan fingerprint density at radius 2 is 1.93 bits per heavy atom. The molecule has 1 N–H and O–H groups in total. The number of hydrogen-bond acceptors (Lipinski definition) is 6. The molecule has 0 spiro atoms. The van der Waals surface area contributed by atoms with Crippen LogP contribution in [0.5, 0.6) is 0 Å². The molecule has 1 aromatic carbocycles. The summed E-state index contributed by atoms with van der Waals surface area (Å²) in [5.74, 6) is -0.346. The van der Waals surface area contributed by atoms with Gasteiger partial charge in [-0.05, 0) is 60.8 Å². The number of amides is 1. The van der Waals surface area contributed by atoms with Crippen molar-refractivity contribution in [1.82, 2.24) is 5.01 Å². The van der Waals surface area contributed by atoms with Crippen molar-refractivity contribution < 1.29 is 4.79 Å². The Bertz CT molecular complexity index is 1000. The molecule has 2 aliphatic rings. The Morgan fingerprint density at radius 3 is 2.57 bits per heavy atom. The zero-order chi connectivity index (χ0) is 19.7. The molecule has 1 aromatic heterocycles. The summed E-state index contributed by atoms with van der Waals surface area (Å²) in [6.45, 7) is 6.12. The normalized spacial score (nSPS) is 17.6. The number of aliphatic imine (C=N–C) groups is 1. The van der Waals surface area contributed by atoms with Crippen LogP contribution in [0.2, 0.25) is 0 Å². The highest BCUT2D eigenvalue weighted by Crippen LogP contribution is 2.32. The van der Waals surface area contributed by atoms with Crippen LogP contribution in [0.15, 0.2) is 57.4 Å². The largest absolute Gasteiger partial charge is 0.372 e. The predicted molar refractivity (Wildman–Crippen MR) is 118 cm³/mol. The van der Waals surface area contributed by atoms with E-state index in [1.54, 1.807) is 17.4 Å². The fourth-order valence-electron chi connectivity index (χ4n) is 3.03. The molecule has 6 nitrogen and oxygen atoms in total. The second-order valence-corrected chi connectivity index (χ2v) is 8.07. The van der Waals surface area contributed by atoms with Gasteiger partial charge < -0.3 is 4.90 Å². The van der Waals surface area contributed by atoms with E-state index in [2.05, 4.69) is 28.8 Å². The summed E-state index contributed by atoms with van der Waals surface area (Å²) in [4.78, 5) is 19.9. The van der Waals surface area contributed by atoms with E-state index in [0.717, 1.165) is 34.3 Å². The van der Waals surface area contributed by atoms with Crippen LogP contribution in [-0.4, -0.2) is 40.1 Å². The zero-order valence-corrected chi connectivity index (χ0v) is 17.2. The van der Waals surface area contributed by atoms with Crippen LogP contribution in [0, 0.1) is 5.41 Å². The summed E-state index contributed by atoms with van der Waals surface area (Å²) < 4.78 is 0. The summed E-state index contributed by atoms with van der Waals surface area (Å²) in [5.41, 5.74) is 2.24. The molecular formula is C20H19N5OS2. The number of hydrazone groups is 1. The molecule has 0 unspecified atom stereocenters. The lowest BCUT2D eigenvalue weighted by Gasteiger charge is -2.21. The Hall–Kier alpha value is -2.71. The van der Waals surface area contributed by atoms with Crippen LogP contribution in [0.3, 0.4) is 0 Å². The number of anilines is 1. The zero-order valence-electron chi connectivity index (χ0n) is 15.5. The van der Waals surface area contributed by atoms with Crippen molar-refractivity contribution in [2.45, 2.75) is 13.8 Å². The number of thiophene rings is 1. The molecule has 0 radical (unpaired) electrons. The minimum absolute atomic E-state index is 0.0573. The molecule has 0 saturated heterocycles. The van der Waals surface area contributed by atoms with Gasteiger partial charge in [0.15, 0.2) is 5.84 Å². The average Bonchev–Trinajstić information content (AvgIpc) is 3.37. The molecule has 142 valence electrons. The SMILES string of the molecule is CCN(CC)c1ccc(C=C2C(=N)N3N=C(c4cccs4)SC3=NC2=O)cc1. The van der Waals surface area contributed by atoms with Gasteiger partial charge >= 0.3 is 0 Å². The second kappa shape index (κ2) is 7.73. The highest BCUT2D eigenvalue weighted by Gasteiger charge is 2.36. The number of thioether (sulfide) groups is 1. The van der Waals surface area contributed by atoms with Crippen molar-refractivity contribution >= 4 is 56.8 Å². The third-order valence-corrected chi connectivity index (χ3v) is 6.47. The summed E-state index contributed by atoms with van der Waals surface area (Å²) in [6, 6.07) is 11.9. The van der Waals surface area contributed by atoms with Gasteiger partial charge in [0.25, 0.3) is 5.91 Å². The summed E-state index contributed by atoms with van der Waals surface area (Å²) in [7, 11) is 0. The quantitative estimate of drug-likeness (QED) is 0.749. The van der Waals surface area contributed by atoms with Crippen LogP contribution in [0.25, 0.3) is 6.08 Å². The van der Waals surface area contributed by atoms with Gasteiger partial charge in [-0.25, -0.2) is 0 Å². The first kappa shape index (κ1) is 18.6. The molecule has 0 fully saturated rings. The van der Waals surface area contributed by atoms with Gasteiger partial charge in [-0.2, -0.15) is 15.1 Å². The molecule has 4 rings (SSSR count). The number of nitrogens with one attached hydrogen (secondary N) is 1. The standard InChI is InChI=1S/C20H19N5OS2/c1-3-24(4-2)14-9-7-13(8-10-14)12-15-17(21)25-20(22-18(15)26)28-19(23-25)16-6-5-11-27-16/h5-12,21H,3-4H2,1-2H3. The lowest BCUT2D eigenvalue weighted by Crippen LogP contribution is -2.35. The Labute approximate surface area is 171 Å². The number of rotatable bonds is 5. The summed E-state index contributed by atoms with van der Waals surface area (Å²) in [5, 5.41) is 17.6. The number of fused-ring (bicyclic) bond motifs is 1. The third kappa shape index (κ3) is 3.41. The molecule has 0 atom stereocenters. The van der Waals surface area contributed by atoms with Crippen molar-refractivity contribution in [3.63, 3.8) is 0 Å². The van der Waals surface area contributed by atoms with E-state index in [1.807, 2.05) is 41.8 Å². The highest BCUT2D eigenvalue weighted by molar-refractivity contribution is 8.27. The first-order chi connectivity index (χ1) is 13.6. The van der Waals surface area contributed by atoms with Gasteiger partial charge in [-0.3, -0.25) is 10.2 Å². The van der Waals surface area contributed by atoms with E-state index in [-0.39, 0.29) is 11.4 Å². The number of amidine groups is 2. The third-order valence-electron chi connectivity index (χ3n) is 4.52. The van der Waals surface area contributed by atoms with Crippen LogP contribution < -0.4 is 4.90 Å². The fraction of sp³-hybridized carbons (Fsp3) is 0.200. The van der Waals surface area contributed by atoms with Gasteiger partial charge in [-0.1, -0.05) is 18.2 Å². The van der Waals surface area contributed by atoms with Crippen LogP contribution in [0.1, 0.15) is 24.3 Å². The maximum atomic E-state index is 12.5. The monoisotopic (exact) mass is 409 g/mol. The van der Waals surface area contributed by atoms with E-state index >= 15 is 0 Å². The van der Waals surface area contributed by atoms with Gasteiger partial charge in [0, 0.05) is 18.8 Å². The topological polar surface area (TPSA) is 72.1 Å². The minimum atomic E-state index is -0.404. The lowest BCUT2D eigenvalue weighted by atomic mass is 10.1. The van der Waals surface area contributed by atoms with E-state index in [9.17, 15) is 4.79 Å². The summed E-state index contributed by atoms with van der Waals surface area (Å²) in [6.07, 6.45) is 1.71. The van der Waals surface area contributed by atoms with Crippen molar-refractivity contribution in [2.24, 2.45) is 10.1 Å². The van der Waals surface area contributed by atoms with Crippen LogP contribution >= 0.6 is 23.1 Å². The second-order valence-electron chi connectivity index (χ2n) is 6.17. The molecule has 3 heterocycles. The van der Waals surface area contributed by atoms with E-state index in [0.29, 0.717) is 5.17 Å². The van der Waals surface area contributed by atoms with Gasteiger partial charge in [0.05, 0.1) is 10.5 Å². The Balaban J connectivity index is 1.61. The van der Waals surface area contributed by atoms with Gasteiger partial charge in [0.2, 0.25) is 5.17 Å². The molecule has 0 saturated carbocycles. The van der Waals surface area contributed by atoms with Crippen molar-refractivity contribution in [3.8, 4) is 0 Å². The molecular weight excluding hydrogens is 390 g/mol. The maximum Gasteiger partial charge on any atom is 0.283 e. The number of benzene rings is 1. The number of nitrogens with zero attached hydrogens (tertiary/aromatic N) is 4. The van der Waals surface area contributed by atoms with Crippen LogP contribution in [-0.2, 0) is 4.79 Å². The van der Waals surface area contributed by atoms with Crippen molar-refractivity contribution in [1.29, 1.82) is 5.41 Å². The number of carbonyl (C=O) groups excluding carboxylic acids is 1. The Kier molecular flexibility index (Phi) is 5.15. The first-order valence-electron chi connectivity index (χ1n) is 8.99. The molecule has 2 aromatic rings. The highest BCUT2D eigenvalue weighted by atomic mass is 32.2. The number of hydrogen-bond donors (Lipinski definition) is 1. The smallest absolute Gasteiger partial charge is 0.283 e. The van der Waals surface area contributed by atoms with Crippen LogP contribution in [0.4, 0.5) is 5.69 Å². The predicted octanol–water partition coefficient (Wildman–Crippen LogP) is 4.26. The fourth-order valence-corrected chi connectivity index (χ4v) is 4.71. The summed E-state index contributed by atoms with van der Waals surface area (Å²) >= 11 is 2.89. The molecule has 1 amide bonds. The van der Waals surface area contributed by atoms with Gasteiger partial charge in [-0.15, -0.1) is 11.3 Å². The maximum absolute atomic E-state index is 12.5. The molecule has 0 bridgehead atoms.